The molecule has 3 aliphatic rings. The number of para-hydroxylation sites is 1. The number of fused-ring (bicyclic) bond motifs is 2. The Morgan fingerprint density at radius 1 is 1.05 bits per heavy atom. The van der Waals surface area contributed by atoms with Crippen LogP contribution < -0.4 is 5.32 Å². The Morgan fingerprint density at radius 2 is 1.95 bits per heavy atom. The topological polar surface area (TPSA) is 89.1 Å². The second kappa shape index (κ2) is 9.41. The van der Waals surface area contributed by atoms with E-state index in [9.17, 15) is 4.79 Å². The van der Waals surface area contributed by atoms with Crippen LogP contribution in [0.4, 0.5) is 0 Å². The molecule has 0 spiro atoms. The molecule has 1 saturated carbocycles. The Labute approximate surface area is 216 Å². The van der Waals surface area contributed by atoms with Crippen LogP contribution in [-0.2, 0) is 0 Å². The van der Waals surface area contributed by atoms with Gasteiger partial charge in [0.15, 0.2) is 5.76 Å². The van der Waals surface area contributed by atoms with Gasteiger partial charge in [-0.1, -0.05) is 24.6 Å². The third-order valence-corrected chi connectivity index (χ3v) is 8.28. The average Bonchev–Trinajstić information content (AvgIpc) is 3.53. The summed E-state index contributed by atoms with van der Waals surface area (Å²) in [6, 6.07) is 12.4. The van der Waals surface area contributed by atoms with Crippen molar-refractivity contribution < 1.29 is 9.21 Å². The predicted molar refractivity (Wildman–Crippen MR) is 141 cm³/mol. The van der Waals surface area contributed by atoms with Crippen LogP contribution in [0, 0.1) is 5.92 Å². The van der Waals surface area contributed by atoms with Crippen LogP contribution in [0.3, 0.4) is 0 Å². The number of aromatic nitrogens is 4. The minimum absolute atomic E-state index is 0.0329. The van der Waals surface area contributed by atoms with Crippen LogP contribution in [0.1, 0.15) is 66.9 Å². The first kappa shape index (κ1) is 22.7. The first-order chi connectivity index (χ1) is 18.2. The largest absolute Gasteiger partial charge is 0.454 e. The van der Waals surface area contributed by atoms with Gasteiger partial charge in [0.1, 0.15) is 11.3 Å². The zero-order valence-electron chi connectivity index (χ0n) is 21.0. The lowest BCUT2D eigenvalue weighted by Crippen LogP contribution is -2.51. The second-order valence-corrected chi connectivity index (χ2v) is 10.7. The highest BCUT2D eigenvalue weighted by atomic mass is 16.3. The zero-order valence-corrected chi connectivity index (χ0v) is 21.0. The minimum Gasteiger partial charge on any atom is -0.454 e. The predicted octanol–water partition coefficient (Wildman–Crippen LogP) is 4.95. The van der Waals surface area contributed by atoms with Gasteiger partial charge in [-0.05, 0) is 75.7 Å². The molecule has 1 amide bonds. The van der Waals surface area contributed by atoms with Gasteiger partial charge >= 0.3 is 0 Å². The van der Waals surface area contributed by atoms with Crippen molar-refractivity contribution in [3.05, 3.63) is 60.0 Å². The monoisotopic (exact) mass is 496 g/mol. The van der Waals surface area contributed by atoms with Crippen LogP contribution in [0.25, 0.3) is 28.4 Å². The smallest absolute Gasteiger partial charge is 0.254 e. The highest BCUT2D eigenvalue weighted by molar-refractivity contribution is 5.95. The van der Waals surface area contributed by atoms with Crippen molar-refractivity contribution in [3.63, 3.8) is 0 Å². The Morgan fingerprint density at radius 3 is 2.84 bits per heavy atom. The number of hydrogen-bond acceptors (Lipinski definition) is 6. The van der Waals surface area contributed by atoms with E-state index in [1.54, 1.807) is 17.1 Å². The third kappa shape index (κ3) is 4.33. The van der Waals surface area contributed by atoms with Crippen LogP contribution in [0.5, 0.6) is 0 Å². The molecule has 1 aromatic carbocycles. The maximum absolute atomic E-state index is 13.4. The van der Waals surface area contributed by atoms with Gasteiger partial charge in [0.2, 0.25) is 0 Å². The third-order valence-electron chi connectivity index (χ3n) is 8.28. The Bertz CT molecular complexity index is 1400. The Balaban J connectivity index is 1.13. The second-order valence-electron chi connectivity index (χ2n) is 10.7. The van der Waals surface area contributed by atoms with E-state index in [1.807, 2.05) is 36.4 Å². The molecule has 5 heterocycles. The molecule has 8 nitrogen and oxygen atoms in total. The highest BCUT2D eigenvalue weighted by Crippen LogP contribution is 2.42. The molecule has 1 N–H and O–H groups in total. The lowest BCUT2D eigenvalue weighted by atomic mass is 9.83. The molecule has 4 aromatic rings. The fourth-order valence-corrected chi connectivity index (χ4v) is 6.27. The number of hydrogen-bond donors (Lipinski definition) is 1. The molecule has 2 aliphatic heterocycles. The molecule has 37 heavy (non-hydrogen) atoms. The van der Waals surface area contributed by atoms with E-state index in [1.165, 1.54) is 45.2 Å². The van der Waals surface area contributed by atoms with Crippen molar-refractivity contribution in [2.24, 2.45) is 5.92 Å². The quantitative estimate of drug-likeness (QED) is 0.406. The molecular weight excluding hydrogens is 464 g/mol. The van der Waals surface area contributed by atoms with Gasteiger partial charge in [-0.2, -0.15) is 5.10 Å². The van der Waals surface area contributed by atoms with Crippen LogP contribution in [0.15, 0.2) is 53.2 Å². The summed E-state index contributed by atoms with van der Waals surface area (Å²) in [4.78, 5) is 25.3. The lowest BCUT2D eigenvalue weighted by Gasteiger charge is -2.44. The molecule has 0 bridgehead atoms. The molecular formula is C29H32N6O2. The van der Waals surface area contributed by atoms with Crippen molar-refractivity contribution in [1.29, 1.82) is 0 Å². The Hall–Kier alpha value is -3.52. The van der Waals surface area contributed by atoms with Gasteiger partial charge in [-0.3, -0.25) is 4.79 Å². The van der Waals surface area contributed by atoms with Crippen molar-refractivity contribution in [2.45, 2.75) is 56.9 Å². The lowest BCUT2D eigenvalue weighted by molar-refractivity contribution is 0.0575. The number of furan rings is 1. The molecule has 8 heteroatoms. The fraction of sp³-hybridized carbons (Fsp3) is 0.448. The Kier molecular flexibility index (Phi) is 5.76. The van der Waals surface area contributed by atoms with Crippen LogP contribution >= 0.6 is 0 Å². The van der Waals surface area contributed by atoms with Crippen molar-refractivity contribution in [1.82, 2.24) is 30.0 Å². The molecule has 2 saturated heterocycles. The van der Waals surface area contributed by atoms with Crippen molar-refractivity contribution >= 4 is 16.9 Å². The molecule has 3 fully saturated rings. The first-order valence-electron chi connectivity index (χ1n) is 13.7. The first-order valence-corrected chi connectivity index (χ1v) is 13.7. The molecule has 1 aliphatic carbocycles. The van der Waals surface area contributed by atoms with E-state index in [4.69, 9.17) is 9.40 Å². The summed E-state index contributed by atoms with van der Waals surface area (Å²) < 4.78 is 7.77. The van der Waals surface area contributed by atoms with Crippen LogP contribution in [0.2, 0.25) is 0 Å². The highest BCUT2D eigenvalue weighted by Gasteiger charge is 2.35. The summed E-state index contributed by atoms with van der Waals surface area (Å²) in [5, 5.41) is 8.90. The zero-order chi connectivity index (χ0) is 24.8. The van der Waals surface area contributed by atoms with E-state index >= 15 is 0 Å². The van der Waals surface area contributed by atoms with E-state index in [0.717, 1.165) is 36.0 Å². The number of rotatable bonds is 6. The van der Waals surface area contributed by atoms with E-state index in [2.05, 4.69) is 20.3 Å². The number of benzene rings is 1. The number of piperidine rings is 2. The molecule has 2 atom stereocenters. The molecule has 3 aromatic heterocycles. The molecule has 7 rings (SSSR count). The molecule has 190 valence electrons. The van der Waals surface area contributed by atoms with Crippen LogP contribution in [-0.4, -0.2) is 56.2 Å². The summed E-state index contributed by atoms with van der Waals surface area (Å²) in [7, 11) is 0. The van der Waals surface area contributed by atoms with Gasteiger partial charge in [-0.15, -0.1) is 0 Å². The van der Waals surface area contributed by atoms with Gasteiger partial charge in [0.05, 0.1) is 17.5 Å². The van der Waals surface area contributed by atoms with Gasteiger partial charge in [0.25, 0.3) is 11.9 Å². The van der Waals surface area contributed by atoms with Gasteiger partial charge < -0.3 is 14.6 Å². The summed E-state index contributed by atoms with van der Waals surface area (Å²) in [5.74, 6) is 1.96. The number of carbonyl (C=O) groups is 1. The van der Waals surface area contributed by atoms with E-state index < -0.39 is 0 Å². The molecule has 0 unspecified atom stereocenters. The number of nitrogens with one attached hydrogen (secondary N) is 1. The van der Waals surface area contributed by atoms with E-state index in [0.29, 0.717) is 40.8 Å². The van der Waals surface area contributed by atoms with Crippen molar-refractivity contribution in [3.8, 4) is 17.4 Å². The average molecular weight is 497 g/mol. The van der Waals surface area contributed by atoms with Gasteiger partial charge in [-0.25, -0.2) is 14.6 Å². The van der Waals surface area contributed by atoms with E-state index in [-0.39, 0.29) is 5.91 Å². The van der Waals surface area contributed by atoms with Crippen molar-refractivity contribution in [2.75, 3.05) is 19.6 Å². The minimum atomic E-state index is -0.0329. The maximum atomic E-state index is 13.4. The van der Waals surface area contributed by atoms with Gasteiger partial charge in [0, 0.05) is 30.1 Å². The molecule has 0 radical (unpaired) electrons. The number of amides is 1. The number of nitrogens with zero attached hydrogens (tertiary/aromatic N) is 5. The SMILES string of the molecule is O=C(NC[C@@H]1CCCN2CCCC[C@H]12)c1cnn(-c2nccc(-c3cc4ccccc4o3)n2)c1C1CC1. The summed E-state index contributed by atoms with van der Waals surface area (Å²) in [5.41, 5.74) is 3.08. The maximum Gasteiger partial charge on any atom is 0.254 e. The summed E-state index contributed by atoms with van der Waals surface area (Å²) in [6.07, 6.45) is 11.8. The standard InChI is InChI=1S/C29H32N6O2/c36-28(31-17-21-7-5-15-34-14-4-3-8-24(21)34)22-18-32-35(27(22)19-10-11-19)29-30-13-12-23(33-29)26-16-20-6-1-2-9-25(20)37-26/h1-2,6,9,12-13,16,18-19,21,24H,3-5,7-8,10-11,14-15,17H2,(H,31,36)/t21-,24+/m0/s1. The summed E-state index contributed by atoms with van der Waals surface area (Å²) in [6.45, 7) is 3.15. The normalized spacial score (nSPS) is 22.2. The number of carbonyl (C=O) groups excluding carboxylic acids is 1. The fourth-order valence-electron chi connectivity index (χ4n) is 6.27. The summed E-state index contributed by atoms with van der Waals surface area (Å²) >= 11 is 0.